The summed E-state index contributed by atoms with van der Waals surface area (Å²) in [7, 11) is 1.09. The Labute approximate surface area is 189 Å². The number of esters is 2. The molecule has 0 N–H and O–H groups in total. The van der Waals surface area contributed by atoms with Gasteiger partial charge in [-0.25, -0.2) is 0 Å². The van der Waals surface area contributed by atoms with Crippen molar-refractivity contribution in [2.45, 2.75) is 77.4 Å². The van der Waals surface area contributed by atoms with Gasteiger partial charge >= 0.3 is 11.9 Å². The van der Waals surface area contributed by atoms with Crippen LogP contribution in [0.3, 0.4) is 0 Å². The Morgan fingerprint density at radius 2 is 1.65 bits per heavy atom. The lowest BCUT2D eigenvalue weighted by atomic mass is 9.64. The van der Waals surface area contributed by atoms with Crippen LogP contribution in [0, 0.1) is 23.2 Å². The molecule has 2 aliphatic rings. The number of ether oxygens (including phenoxy) is 2. The summed E-state index contributed by atoms with van der Waals surface area (Å²) in [5.41, 5.74) is -1.21. The molecule has 1 unspecified atom stereocenters. The zero-order valence-corrected chi connectivity index (χ0v) is 20.4. The average Bonchev–Trinajstić information content (AvgIpc) is 2.88. The molecule has 0 heterocycles. The van der Waals surface area contributed by atoms with Crippen molar-refractivity contribution >= 4 is 28.5 Å². The van der Waals surface area contributed by atoms with Crippen molar-refractivity contribution in [1.82, 2.24) is 0 Å². The van der Waals surface area contributed by atoms with Gasteiger partial charge < -0.3 is 9.47 Å². The molecule has 0 aromatic carbocycles. The molecule has 0 amide bonds. The summed E-state index contributed by atoms with van der Waals surface area (Å²) in [6.45, 7) is 6.06. The molecule has 0 aromatic heterocycles. The molecule has 7 heteroatoms. The Balaban J connectivity index is 2.80. The smallest absolute Gasteiger partial charge is 0.327 e. The van der Waals surface area contributed by atoms with Crippen molar-refractivity contribution in [2.75, 3.05) is 20.0 Å². The van der Waals surface area contributed by atoms with Gasteiger partial charge in [0.2, 0.25) is 0 Å². The number of hydrogen-bond acceptors (Lipinski definition) is 6. The van der Waals surface area contributed by atoms with Gasteiger partial charge in [0, 0.05) is 28.9 Å². The molecule has 2 bridgehead atoms. The monoisotopic (exact) mass is 454 g/mol. The van der Waals surface area contributed by atoms with Crippen LogP contribution in [0.4, 0.5) is 0 Å². The number of carbonyl (C=O) groups excluding carboxylic acids is 3. The Kier molecular flexibility index (Phi) is 9.46. The van der Waals surface area contributed by atoms with Gasteiger partial charge in [-0.05, 0) is 36.7 Å². The third-order valence-corrected chi connectivity index (χ3v) is 8.75. The van der Waals surface area contributed by atoms with Crippen LogP contribution in [-0.2, 0) is 34.7 Å². The molecular formula is C24H38O6S. The second kappa shape index (κ2) is 11.4. The van der Waals surface area contributed by atoms with Crippen molar-refractivity contribution in [3.63, 3.8) is 0 Å². The minimum atomic E-state index is -1.70. The van der Waals surface area contributed by atoms with E-state index in [2.05, 4.69) is 13.8 Å². The van der Waals surface area contributed by atoms with Gasteiger partial charge in [-0.15, -0.1) is 0 Å². The van der Waals surface area contributed by atoms with Crippen LogP contribution in [0.1, 0.15) is 72.1 Å². The molecule has 0 saturated heterocycles. The predicted molar refractivity (Wildman–Crippen MR) is 121 cm³/mol. The molecule has 2 rings (SSSR count). The highest BCUT2D eigenvalue weighted by molar-refractivity contribution is 7.85. The van der Waals surface area contributed by atoms with E-state index in [4.69, 9.17) is 9.47 Å². The van der Waals surface area contributed by atoms with Gasteiger partial charge in [-0.3, -0.25) is 18.6 Å². The molecule has 1 fully saturated rings. The van der Waals surface area contributed by atoms with Gasteiger partial charge in [0.1, 0.15) is 5.78 Å². The van der Waals surface area contributed by atoms with Gasteiger partial charge in [0.05, 0.1) is 19.5 Å². The van der Waals surface area contributed by atoms with Gasteiger partial charge in [0.25, 0.3) is 0 Å². The van der Waals surface area contributed by atoms with E-state index in [9.17, 15) is 18.6 Å². The number of unbranched alkanes of at least 4 members (excludes halogenated alkanes) is 2. The summed E-state index contributed by atoms with van der Waals surface area (Å²) < 4.78 is 23.5. The Morgan fingerprint density at radius 1 is 1.06 bits per heavy atom. The predicted octanol–water partition coefficient (Wildman–Crippen LogP) is 3.99. The minimum absolute atomic E-state index is 0.00588. The fourth-order valence-electron chi connectivity index (χ4n) is 5.47. The van der Waals surface area contributed by atoms with E-state index >= 15 is 0 Å². The molecule has 2 aliphatic carbocycles. The SMILES string of the molecule is CCCC[C@@H]1[C@H]2C(=O)CCC(C(=O)OC)(C(=O)OC)C(=C[C@H]1CCCC)[C@@H]2S(=O)CC. The molecular weight excluding hydrogens is 416 g/mol. The number of hydrogen-bond donors (Lipinski definition) is 0. The molecule has 31 heavy (non-hydrogen) atoms. The lowest BCUT2D eigenvalue weighted by Crippen LogP contribution is -2.51. The van der Waals surface area contributed by atoms with E-state index in [1.807, 2.05) is 13.0 Å². The van der Waals surface area contributed by atoms with Crippen LogP contribution < -0.4 is 0 Å². The molecule has 0 radical (unpaired) electrons. The normalized spacial score (nSPS) is 28.3. The number of allylic oxidation sites excluding steroid dienone is 1. The minimum Gasteiger partial charge on any atom is -0.468 e. The van der Waals surface area contributed by atoms with Crippen molar-refractivity contribution in [1.29, 1.82) is 0 Å². The molecule has 0 aliphatic heterocycles. The van der Waals surface area contributed by atoms with Crippen LogP contribution >= 0.6 is 0 Å². The first-order valence-corrected chi connectivity index (χ1v) is 13.0. The summed E-state index contributed by atoms with van der Waals surface area (Å²) in [5.74, 6) is -1.39. The van der Waals surface area contributed by atoms with Gasteiger partial charge in [0.15, 0.2) is 5.41 Å². The maximum Gasteiger partial charge on any atom is 0.327 e. The zero-order chi connectivity index (χ0) is 23.2. The third kappa shape index (κ3) is 4.81. The summed E-state index contributed by atoms with van der Waals surface area (Å²) in [6, 6.07) is 0. The summed E-state index contributed by atoms with van der Waals surface area (Å²) in [4.78, 5) is 39.7. The van der Waals surface area contributed by atoms with Crippen LogP contribution in [0.5, 0.6) is 0 Å². The molecule has 6 nitrogen and oxygen atoms in total. The second-order valence-electron chi connectivity index (χ2n) is 8.70. The van der Waals surface area contributed by atoms with Crippen molar-refractivity contribution in [2.24, 2.45) is 23.2 Å². The Hall–Kier alpha value is -1.50. The van der Waals surface area contributed by atoms with E-state index in [1.165, 1.54) is 14.2 Å². The van der Waals surface area contributed by atoms with Gasteiger partial charge in [-0.1, -0.05) is 52.5 Å². The maximum atomic E-state index is 13.5. The lowest BCUT2D eigenvalue weighted by molar-refractivity contribution is -0.166. The first kappa shape index (κ1) is 25.8. The van der Waals surface area contributed by atoms with Gasteiger partial charge in [-0.2, -0.15) is 0 Å². The number of rotatable bonds is 10. The number of carbonyl (C=O) groups is 3. The van der Waals surface area contributed by atoms with E-state index in [-0.39, 0.29) is 30.5 Å². The molecule has 0 spiro atoms. The van der Waals surface area contributed by atoms with Crippen LogP contribution in [-0.4, -0.2) is 47.2 Å². The fraction of sp³-hybridized carbons (Fsp3) is 0.792. The topological polar surface area (TPSA) is 86.7 Å². The van der Waals surface area contributed by atoms with E-state index in [0.717, 1.165) is 38.5 Å². The molecule has 1 saturated carbocycles. The van der Waals surface area contributed by atoms with E-state index in [1.54, 1.807) is 0 Å². The highest BCUT2D eigenvalue weighted by atomic mass is 32.2. The number of methoxy groups -OCH3 is 2. The quantitative estimate of drug-likeness (QED) is 0.282. The third-order valence-electron chi connectivity index (χ3n) is 7.07. The lowest BCUT2D eigenvalue weighted by Gasteiger charge is -2.43. The largest absolute Gasteiger partial charge is 0.468 e. The number of ketones is 1. The first-order chi connectivity index (χ1) is 14.8. The van der Waals surface area contributed by atoms with Crippen LogP contribution in [0.25, 0.3) is 0 Å². The van der Waals surface area contributed by atoms with Crippen LogP contribution in [0.2, 0.25) is 0 Å². The highest BCUT2D eigenvalue weighted by Crippen LogP contribution is 2.52. The summed E-state index contributed by atoms with van der Waals surface area (Å²) in [6.07, 6.45) is 7.87. The molecule has 0 aromatic rings. The summed E-state index contributed by atoms with van der Waals surface area (Å²) >= 11 is 0. The highest BCUT2D eigenvalue weighted by Gasteiger charge is 2.61. The fourth-order valence-corrected chi connectivity index (χ4v) is 7.08. The number of Topliss-reactive ketones (excluding diaryl/α,β-unsaturated/α-hetero) is 1. The van der Waals surface area contributed by atoms with E-state index in [0.29, 0.717) is 11.3 Å². The van der Waals surface area contributed by atoms with E-state index < -0.39 is 39.3 Å². The van der Waals surface area contributed by atoms with Crippen LogP contribution in [0.15, 0.2) is 11.6 Å². The second-order valence-corrected chi connectivity index (χ2v) is 10.6. The zero-order valence-electron chi connectivity index (χ0n) is 19.6. The number of fused-ring (bicyclic) bond motifs is 2. The Morgan fingerprint density at radius 3 is 2.16 bits per heavy atom. The van der Waals surface area contributed by atoms with Crippen molar-refractivity contribution < 1.29 is 28.1 Å². The molecule has 5 atom stereocenters. The van der Waals surface area contributed by atoms with Crippen molar-refractivity contribution in [3.8, 4) is 0 Å². The van der Waals surface area contributed by atoms with Crippen molar-refractivity contribution in [3.05, 3.63) is 11.6 Å². The standard InChI is InChI=1S/C24H38O6S/c1-6-9-11-16-15-18-21(31(28)8-3)20(17(16)12-10-7-2)19(25)13-14-24(18,22(26)29-4)23(27)30-5/h15-17,20-21H,6-14H2,1-5H3/t16-,17+,20+,21+,31?/m1/s1. The Bertz CT molecular complexity index is 712. The first-order valence-electron chi connectivity index (χ1n) is 11.6. The maximum absolute atomic E-state index is 13.5. The molecule has 176 valence electrons. The average molecular weight is 455 g/mol. The summed E-state index contributed by atoms with van der Waals surface area (Å²) in [5, 5.41) is -0.655.